The van der Waals surface area contributed by atoms with E-state index in [1.165, 1.54) is 0 Å². The van der Waals surface area contributed by atoms with Gasteiger partial charge in [-0.15, -0.1) is 0 Å². The molecular formula is C20H14F6N2O3. The predicted octanol–water partition coefficient (Wildman–Crippen LogP) is 4.54. The Labute approximate surface area is 171 Å². The van der Waals surface area contributed by atoms with E-state index in [0.717, 1.165) is 12.5 Å². The molecular weight excluding hydrogens is 430 g/mol. The number of amides is 1. The summed E-state index contributed by atoms with van der Waals surface area (Å²) >= 11 is 0. The average Bonchev–Trinajstić information content (AvgIpc) is 3.21. The van der Waals surface area contributed by atoms with Gasteiger partial charge in [-0.3, -0.25) is 4.79 Å². The summed E-state index contributed by atoms with van der Waals surface area (Å²) in [6.45, 7) is -1.45. The zero-order valence-corrected chi connectivity index (χ0v) is 15.5. The lowest BCUT2D eigenvalue weighted by atomic mass is 9.91. The van der Waals surface area contributed by atoms with Crippen molar-refractivity contribution in [3.63, 3.8) is 0 Å². The number of aromatic nitrogens is 1. The Morgan fingerprint density at radius 3 is 2.23 bits per heavy atom. The number of oxazole rings is 1. The molecule has 2 N–H and O–H groups in total. The van der Waals surface area contributed by atoms with E-state index in [2.05, 4.69) is 4.98 Å². The molecule has 31 heavy (non-hydrogen) atoms. The molecule has 1 heterocycles. The zero-order valence-electron chi connectivity index (χ0n) is 15.5. The average molecular weight is 444 g/mol. The second-order valence-electron chi connectivity index (χ2n) is 6.52. The van der Waals surface area contributed by atoms with Crippen molar-refractivity contribution >= 4 is 5.91 Å². The number of rotatable bonds is 5. The maximum Gasteiger partial charge on any atom is 0.423 e. The van der Waals surface area contributed by atoms with E-state index in [1.54, 1.807) is 30.3 Å². The monoisotopic (exact) mass is 444 g/mol. The van der Waals surface area contributed by atoms with Crippen LogP contribution >= 0.6 is 0 Å². The Balaban J connectivity index is 1.89. The molecule has 0 bridgehead atoms. The van der Waals surface area contributed by atoms with Crippen LogP contribution in [-0.2, 0) is 11.8 Å². The first kappa shape index (κ1) is 22.3. The Morgan fingerprint density at radius 1 is 0.968 bits per heavy atom. The number of alkyl halides is 6. The molecule has 11 heteroatoms. The Bertz CT molecular complexity index is 1060. The minimum Gasteiger partial charge on any atom is -0.438 e. The molecule has 0 aliphatic rings. The summed E-state index contributed by atoms with van der Waals surface area (Å²) in [6, 6.07) is 10.3. The number of nitrogens with zero attached hydrogens (tertiary/aromatic N) is 1. The van der Waals surface area contributed by atoms with E-state index in [9.17, 15) is 36.2 Å². The summed E-state index contributed by atoms with van der Waals surface area (Å²) in [6.07, 6.45) is -9.40. The molecule has 3 rings (SSSR count). The highest BCUT2D eigenvalue weighted by atomic mass is 19.4. The molecule has 0 aliphatic heterocycles. The SMILES string of the molecule is O=C(NCC(O)(c1cccc(C(F)(F)F)c1)C(F)(F)F)c1ocnc1-c1ccccc1. The van der Waals surface area contributed by atoms with Gasteiger partial charge in [0.05, 0.1) is 12.1 Å². The summed E-state index contributed by atoms with van der Waals surface area (Å²) in [5, 5.41) is 12.2. The van der Waals surface area contributed by atoms with Crippen LogP contribution in [0.4, 0.5) is 26.3 Å². The van der Waals surface area contributed by atoms with Gasteiger partial charge in [-0.2, -0.15) is 26.3 Å². The molecule has 0 spiro atoms. The van der Waals surface area contributed by atoms with Gasteiger partial charge in [-0.1, -0.05) is 42.5 Å². The summed E-state index contributed by atoms with van der Waals surface area (Å²) < 4.78 is 84.6. The lowest BCUT2D eigenvalue weighted by Crippen LogP contribution is -2.51. The van der Waals surface area contributed by atoms with Crippen LogP contribution in [0.2, 0.25) is 0 Å². The fourth-order valence-corrected chi connectivity index (χ4v) is 2.82. The van der Waals surface area contributed by atoms with Crippen LogP contribution in [0.1, 0.15) is 21.7 Å². The molecule has 2 aromatic carbocycles. The van der Waals surface area contributed by atoms with Gasteiger partial charge in [0.15, 0.2) is 6.39 Å². The topological polar surface area (TPSA) is 75.4 Å². The molecule has 1 unspecified atom stereocenters. The van der Waals surface area contributed by atoms with Crippen LogP contribution < -0.4 is 5.32 Å². The van der Waals surface area contributed by atoms with Gasteiger partial charge in [-0.25, -0.2) is 4.98 Å². The van der Waals surface area contributed by atoms with Crippen molar-refractivity contribution in [3.05, 3.63) is 77.9 Å². The third kappa shape index (κ3) is 4.55. The number of halogens is 6. The van der Waals surface area contributed by atoms with Crippen LogP contribution in [-0.4, -0.2) is 28.7 Å². The minimum absolute atomic E-state index is 0.0488. The standard InChI is InChI=1S/C20H14F6N2O3/c21-19(22,23)14-8-4-7-13(9-14)18(30,20(24,25)26)10-27-17(29)16-15(28-11-31-16)12-5-2-1-3-6-12/h1-9,11,30H,10H2,(H,27,29). The molecule has 1 aromatic heterocycles. The lowest BCUT2D eigenvalue weighted by molar-refractivity contribution is -0.263. The third-order valence-corrected chi connectivity index (χ3v) is 4.46. The minimum atomic E-state index is -5.39. The summed E-state index contributed by atoms with van der Waals surface area (Å²) in [7, 11) is 0. The highest BCUT2D eigenvalue weighted by molar-refractivity contribution is 5.97. The lowest BCUT2D eigenvalue weighted by Gasteiger charge is -2.31. The first-order valence-corrected chi connectivity index (χ1v) is 8.67. The number of benzene rings is 2. The number of carbonyl (C=O) groups is 1. The van der Waals surface area contributed by atoms with Crippen molar-refractivity contribution in [2.45, 2.75) is 18.0 Å². The van der Waals surface area contributed by atoms with Crippen LogP contribution in [0.15, 0.2) is 65.4 Å². The highest BCUT2D eigenvalue weighted by Gasteiger charge is 2.55. The van der Waals surface area contributed by atoms with Gasteiger partial charge in [-0.05, 0) is 17.7 Å². The first-order valence-electron chi connectivity index (χ1n) is 8.67. The van der Waals surface area contributed by atoms with Gasteiger partial charge in [0.2, 0.25) is 11.4 Å². The largest absolute Gasteiger partial charge is 0.438 e. The predicted molar refractivity (Wildman–Crippen MR) is 95.7 cm³/mol. The van der Waals surface area contributed by atoms with Gasteiger partial charge in [0.1, 0.15) is 5.69 Å². The summed E-state index contributed by atoms with van der Waals surface area (Å²) in [5.74, 6) is -1.55. The van der Waals surface area contributed by atoms with Crippen LogP contribution in [0.25, 0.3) is 11.3 Å². The molecule has 1 amide bonds. The maximum absolute atomic E-state index is 13.6. The van der Waals surface area contributed by atoms with Gasteiger partial charge < -0.3 is 14.8 Å². The Kier molecular flexibility index (Phi) is 5.81. The highest BCUT2D eigenvalue weighted by Crippen LogP contribution is 2.40. The number of hydrogen-bond donors (Lipinski definition) is 2. The number of aliphatic hydroxyl groups is 1. The molecule has 0 saturated heterocycles. The van der Waals surface area contributed by atoms with Gasteiger partial charge >= 0.3 is 12.4 Å². The van der Waals surface area contributed by atoms with Crippen molar-refractivity contribution < 1.29 is 40.7 Å². The number of nitrogens with one attached hydrogen (secondary N) is 1. The normalized spacial score (nSPS) is 14.2. The van der Waals surface area contributed by atoms with Crippen LogP contribution in [0.5, 0.6) is 0 Å². The fraction of sp³-hybridized carbons (Fsp3) is 0.200. The van der Waals surface area contributed by atoms with Crippen molar-refractivity contribution in [3.8, 4) is 11.3 Å². The van der Waals surface area contributed by atoms with Crippen LogP contribution in [0, 0.1) is 0 Å². The number of hydrogen-bond acceptors (Lipinski definition) is 4. The van der Waals surface area contributed by atoms with Crippen molar-refractivity contribution in [2.24, 2.45) is 0 Å². The van der Waals surface area contributed by atoms with Gasteiger partial charge in [0, 0.05) is 5.56 Å². The van der Waals surface area contributed by atoms with E-state index < -0.39 is 47.3 Å². The summed E-state index contributed by atoms with van der Waals surface area (Å²) in [4.78, 5) is 16.3. The zero-order chi connectivity index (χ0) is 22.9. The van der Waals surface area contributed by atoms with E-state index in [-0.39, 0.29) is 11.8 Å². The Hall–Kier alpha value is -3.34. The van der Waals surface area contributed by atoms with E-state index in [0.29, 0.717) is 17.7 Å². The molecule has 0 radical (unpaired) electrons. The van der Waals surface area contributed by atoms with Crippen LogP contribution in [0.3, 0.4) is 0 Å². The van der Waals surface area contributed by atoms with Crippen molar-refractivity contribution in [1.82, 2.24) is 10.3 Å². The van der Waals surface area contributed by atoms with E-state index >= 15 is 0 Å². The third-order valence-electron chi connectivity index (χ3n) is 4.46. The molecule has 3 aromatic rings. The van der Waals surface area contributed by atoms with Crippen molar-refractivity contribution in [1.29, 1.82) is 0 Å². The molecule has 164 valence electrons. The molecule has 0 saturated carbocycles. The van der Waals surface area contributed by atoms with Crippen molar-refractivity contribution in [2.75, 3.05) is 6.54 Å². The quantitative estimate of drug-likeness (QED) is 0.567. The number of carbonyl (C=O) groups excluding carboxylic acids is 1. The fourth-order valence-electron chi connectivity index (χ4n) is 2.82. The van der Waals surface area contributed by atoms with Gasteiger partial charge in [0.25, 0.3) is 5.91 Å². The summed E-state index contributed by atoms with van der Waals surface area (Å²) in [5.41, 5.74) is -5.73. The molecule has 0 fully saturated rings. The second kappa shape index (κ2) is 8.06. The molecule has 0 aliphatic carbocycles. The van der Waals surface area contributed by atoms with E-state index in [4.69, 9.17) is 4.42 Å². The smallest absolute Gasteiger partial charge is 0.423 e. The maximum atomic E-state index is 13.6. The second-order valence-corrected chi connectivity index (χ2v) is 6.52. The molecule has 1 atom stereocenters. The Morgan fingerprint density at radius 2 is 1.61 bits per heavy atom. The van der Waals surface area contributed by atoms with E-state index in [1.807, 2.05) is 5.32 Å². The first-order chi connectivity index (χ1) is 14.4. The molecule has 5 nitrogen and oxygen atoms in total.